The molecule has 0 aliphatic rings. The summed E-state index contributed by atoms with van der Waals surface area (Å²) in [5, 5.41) is 22.2. The molecule has 0 radical (unpaired) electrons. The van der Waals surface area contributed by atoms with Gasteiger partial charge in [0.25, 0.3) is 0 Å². The third-order valence-corrected chi connectivity index (χ3v) is 4.73. The molecule has 3 aromatic rings. The molecule has 1 aromatic carbocycles. The van der Waals surface area contributed by atoms with E-state index in [2.05, 4.69) is 25.3 Å². The molecule has 0 fully saturated rings. The van der Waals surface area contributed by atoms with E-state index in [0.717, 1.165) is 16.9 Å². The fourth-order valence-electron chi connectivity index (χ4n) is 3.27. The lowest BCUT2D eigenvalue weighted by Gasteiger charge is -2.18. The van der Waals surface area contributed by atoms with Crippen molar-refractivity contribution >= 4 is 11.8 Å². The average Bonchev–Trinajstić information content (AvgIpc) is 3.23. The Bertz CT molecular complexity index is 1090. The fraction of sp³-hybridized carbons (Fsp3) is 0.261. The zero-order chi connectivity index (χ0) is 22.2. The number of allylic oxidation sites excluding steroid dienone is 2. The lowest BCUT2D eigenvalue weighted by atomic mass is 10.1. The largest absolute Gasteiger partial charge is 0.478 e. The van der Waals surface area contributed by atoms with Gasteiger partial charge >= 0.3 is 5.97 Å². The number of benzene rings is 1. The summed E-state index contributed by atoms with van der Waals surface area (Å²) in [5.74, 6) is 0.424. The lowest BCUT2D eigenvalue weighted by Crippen LogP contribution is -2.17. The van der Waals surface area contributed by atoms with Gasteiger partial charge in [-0.05, 0) is 47.9 Å². The van der Waals surface area contributed by atoms with Gasteiger partial charge in [-0.1, -0.05) is 43.3 Å². The van der Waals surface area contributed by atoms with Crippen LogP contribution in [-0.2, 0) is 17.9 Å². The van der Waals surface area contributed by atoms with Gasteiger partial charge in [-0.15, -0.1) is 10.2 Å². The molecule has 1 N–H and O–H groups in total. The molecule has 0 aliphatic carbocycles. The summed E-state index contributed by atoms with van der Waals surface area (Å²) >= 11 is 0. The highest BCUT2D eigenvalue weighted by Gasteiger charge is 2.15. The molecular weight excluding hydrogens is 392 g/mol. The molecule has 2 aromatic heterocycles. The molecule has 31 heavy (non-hydrogen) atoms. The van der Waals surface area contributed by atoms with Crippen molar-refractivity contribution < 1.29 is 9.90 Å². The second kappa shape index (κ2) is 10.3. The summed E-state index contributed by atoms with van der Waals surface area (Å²) in [6.45, 7) is 4.60. The first kappa shape index (κ1) is 21.9. The number of carboxylic acid groups (broad SMARTS) is 1. The van der Waals surface area contributed by atoms with Gasteiger partial charge in [-0.25, -0.2) is 9.78 Å². The Morgan fingerprint density at radius 2 is 2.06 bits per heavy atom. The van der Waals surface area contributed by atoms with E-state index in [-0.39, 0.29) is 12.1 Å². The number of tetrazole rings is 1. The number of hydrogen-bond donors (Lipinski definition) is 1. The Labute approximate surface area is 181 Å². The predicted molar refractivity (Wildman–Crippen MR) is 119 cm³/mol. The monoisotopic (exact) mass is 418 g/mol. The minimum atomic E-state index is -0.965. The number of nitrogens with zero attached hydrogens (tertiary/aromatic N) is 6. The van der Waals surface area contributed by atoms with Crippen LogP contribution in [0, 0.1) is 0 Å². The zero-order valence-electron chi connectivity index (χ0n) is 17.9. The van der Waals surface area contributed by atoms with E-state index in [0.29, 0.717) is 24.4 Å². The van der Waals surface area contributed by atoms with Crippen LogP contribution in [-0.4, -0.2) is 43.3 Å². The Hall–Kier alpha value is -3.81. The molecule has 0 saturated heterocycles. The van der Waals surface area contributed by atoms with E-state index in [9.17, 15) is 9.90 Å². The van der Waals surface area contributed by atoms with Gasteiger partial charge in [-0.3, -0.25) is 0 Å². The van der Waals surface area contributed by atoms with Crippen LogP contribution in [0.1, 0.15) is 25.8 Å². The first-order valence-electron chi connectivity index (χ1n) is 10.1. The number of carbonyl (C=O) groups is 1. The lowest BCUT2D eigenvalue weighted by molar-refractivity contribution is -0.132. The topological polar surface area (TPSA) is 97.0 Å². The van der Waals surface area contributed by atoms with Crippen LogP contribution in [0.15, 0.2) is 72.0 Å². The van der Waals surface area contributed by atoms with Crippen LogP contribution in [0.2, 0.25) is 0 Å². The summed E-state index contributed by atoms with van der Waals surface area (Å²) in [5.41, 5.74) is 2.85. The SMILES string of the molecule is C/C=C(C(=O)O)\C(=C/CC)Cn1nnc(-c2cccc(CN(C)c3ccccn3)c2)n1. The summed E-state index contributed by atoms with van der Waals surface area (Å²) in [4.78, 5) is 19.4. The average molecular weight is 419 g/mol. The normalized spacial score (nSPS) is 12.1. The highest BCUT2D eigenvalue weighted by molar-refractivity contribution is 5.91. The fourth-order valence-corrected chi connectivity index (χ4v) is 3.27. The van der Waals surface area contributed by atoms with Gasteiger partial charge in [0, 0.05) is 25.4 Å². The van der Waals surface area contributed by atoms with E-state index >= 15 is 0 Å². The van der Waals surface area contributed by atoms with E-state index < -0.39 is 5.97 Å². The maximum atomic E-state index is 11.5. The second-order valence-corrected chi connectivity index (χ2v) is 7.03. The standard InChI is InChI=1S/C23H26N6O2/c1-4-9-19(20(5-2)23(30)31)16-29-26-22(25-27-29)18-11-8-10-17(14-18)15-28(3)21-12-6-7-13-24-21/h5-14H,4,15-16H2,1-3H3,(H,30,31)/b19-9-,20-5+. The number of hydrogen-bond acceptors (Lipinski definition) is 6. The zero-order valence-corrected chi connectivity index (χ0v) is 17.9. The summed E-state index contributed by atoms with van der Waals surface area (Å²) in [7, 11) is 1.99. The van der Waals surface area contributed by atoms with Gasteiger partial charge in [0.2, 0.25) is 5.82 Å². The van der Waals surface area contributed by atoms with E-state index in [1.807, 2.05) is 62.5 Å². The summed E-state index contributed by atoms with van der Waals surface area (Å²) in [6, 6.07) is 13.8. The smallest absolute Gasteiger partial charge is 0.335 e. The Morgan fingerprint density at radius 1 is 1.23 bits per heavy atom. The van der Waals surface area contributed by atoms with Crippen LogP contribution < -0.4 is 4.90 Å². The quantitative estimate of drug-likeness (QED) is 0.418. The maximum absolute atomic E-state index is 11.5. The molecule has 0 unspecified atom stereocenters. The molecule has 3 rings (SSSR count). The molecule has 0 spiro atoms. The molecule has 0 amide bonds. The summed E-state index contributed by atoms with van der Waals surface area (Å²) in [6.07, 6.45) is 5.95. The molecule has 8 heteroatoms. The highest BCUT2D eigenvalue weighted by Crippen LogP contribution is 2.19. The Balaban J connectivity index is 1.77. The van der Waals surface area contributed by atoms with E-state index in [4.69, 9.17) is 0 Å². The molecule has 0 saturated carbocycles. The van der Waals surface area contributed by atoms with Gasteiger partial charge in [0.05, 0.1) is 12.1 Å². The van der Waals surface area contributed by atoms with E-state index in [1.165, 1.54) is 4.80 Å². The molecular formula is C23H26N6O2. The summed E-state index contributed by atoms with van der Waals surface area (Å²) < 4.78 is 0. The van der Waals surface area contributed by atoms with Crippen molar-refractivity contribution in [2.45, 2.75) is 33.4 Å². The van der Waals surface area contributed by atoms with Crippen LogP contribution in [0.4, 0.5) is 5.82 Å². The maximum Gasteiger partial charge on any atom is 0.335 e. The predicted octanol–water partition coefficient (Wildman–Crippen LogP) is 3.74. The number of carboxylic acids is 1. The Kier molecular flexibility index (Phi) is 7.26. The first-order valence-corrected chi connectivity index (χ1v) is 10.1. The van der Waals surface area contributed by atoms with Crippen LogP contribution in [0.5, 0.6) is 0 Å². The minimum Gasteiger partial charge on any atom is -0.478 e. The van der Waals surface area contributed by atoms with Crippen molar-refractivity contribution in [2.24, 2.45) is 0 Å². The molecule has 2 heterocycles. The van der Waals surface area contributed by atoms with Gasteiger partial charge in [-0.2, -0.15) is 4.80 Å². The third-order valence-electron chi connectivity index (χ3n) is 4.73. The van der Waals surface area contributed by atoms with E-state index in [1.54, 1.807) is 19.2 Å². The van der Waals surface area contributed by atoms with Gasteiger partial charge in [0.15, 0.2) is 0 Å². The second-order valence-electron chi connectivity index (χ2n) is 7.03. The first-order chi connectivity index (χ1) is 15.0. The van der Waals surface area contributed by atoms with Crippen LogP contribution in [0.3, 0.4) is 0 Å². The minimum absolute atomic E-state index is 0.245. The number of aliphatic carboxylic acids is 1. The van der Waals surface area contributed by atoms with Gasteiger partial charge in [0.1, 0.15) is 5.82 Å². The third kappa shape index (κ3) is 5.63. The van der Waals surface area contributed by atoms with Crippen molar-refractivity contribution in [3.63, 3.8) is 0 Å². The van der Waals surface area contributed by atoms with Crippen molar-refractivity contribution in [3.05, 3.63) is 77.5 Å². The van der Waals surface area contributed by atoms with Crippen molar-refractivity contribution in [1.29, 1.82) is 0 Å². The van der Waals surface area contributed by atoms with Crippen LogP contribution in [0.25, 0.3) is 11.4 Å². The number of rotatable bonds is 9. The Morgan fingerprint density at radius 3 is 2.74 bits per heavy atom. The molecule has 160 valence electrons. The molecule has 0 aliphatic heterocycles. The molecule has 0 bridgehead atoms. The highest BCUT2D eigenvalue weighted by atomic mass is 16.4. The number of pyridine rings is 1. The van der Waals surface area contributed by atoms with Crippen molar-refractivity contribution in [2.75, 3.05) is 11.9 Å². The number of anilines is 1. The van der Waals surface area contributed by atoms with Crippen molar-refractivity contribution in [1.82, 2.24) is 25.2 Å². The molecule has 0 atom stereocenters. The number of aromatic nitrogens is 5. The van der Waals surface area contributed by atoms with Crippen LogP contribution >= 0.6 is 0 Å². The van der Waals surface area contributed by atoms with Gasteiger partial charge < -0.3 is 10.0 Å². The molecule has 8 nitrogen and oxygen atoms in total. The van der Waals surface area contributed by atoms with Crippen molar-refractivity contribution in [3.8, 4) is 11.4 Å².